The zero-order chi connectivity index (χ0) is 21.7. The van der Waals surface area contributed by atoms with E-state index in [-0.39, 0.29) is 0 Å². The van der Waals surface area contributed by atoms with E-state index in [4.69, 9.17) is 0 Å². The van der Waals surface area contributed by atoms with E-state index in [2.05, 4.69) is 99.9 Å². The average molecular weight is 407 g/mol. The third kappa shape index (κ3) is 5.88. The summed E-state index contributed by atoms with van der Waals surface area (Å²) >= 11 is 0. The molecule has 0 radical (unpaired) electrons. The van der Waals surface area contributed by atoms with Gasteiger partial charge in [0.2, 0.25) is 0 Å². The number of hydrogen-bond acceptors (Lipinski definition) is 2. The fraction of sp³-hybridized carbons (Fsp3) is 0.571. The van der Waals surface area contributed by atoms with Crippen LogP contribution in [-0.4, -0.2) is 37.1 Å². The Morgan fingerprint density at radius 2 is 1.07 bits per heavy atom. The molecule has 0 aliphatic carbocycles. The minimum Gasteiger partial charge on any atom is -0.369 e. The molecule has 0 N–H and O–H groups in total. The van der Waals surface area contributed by atoms with Gasteiger partial charge in [-0.05, 0) is 66.3 Å². The van der Waals surface area contributed by atoms with Crippen LogP contribution in [0.15, 0.2) is 48.5 Å². The molecule has 2 nitrogen and oxygen atoms in total. The van der Waals surface area contributed by atoms with Gasteiger partial charge in [0.15, 0.2) is 0 Å². The van der Waals surface area contributed by atoms with E-state index >= 15 is 0 Å². The molecule has 1 aliphatic rings. The number of hydrogen-bond donors (Lipinski definition) is 0. The van der Waals surface area contributed by atoms with Crippen molar-refractivity contribution in [1.29, 1.82) is 0 Å². The summed E-state index contributed by atoms with van der Waals surface area (Å²) in [4.78, 5) is 5.24. The summed E-state index contributed by atoms with van der Waals surface area (Å²) in [6.07, 6.45) is 2.54. The fourth-order valence-electron chi connectivity index (χ4n) is 4.54. The van der Waals surface area contributed by atoms with E-state index < -0.39 is 0 Å². The van der Waals surface area contributed by atoms with Crippen LogP contribution in [0.4, 0.5) is 5.69 Å². The second kappa shape index (κ2) is 10.5. The summed E-state index contributed by atoms with van der Waals surface area (Å²) in [5, 5.41) is 0. The highest BCUT2D eigenvalue weighted by atomic mass is 15.3. The third-order valence-corrected chi connectivity index (χ3v) is 7.05. The molecule has 1 saturated heterocycles. The number of rotatable bonds is 8. The van der Waals surface area contributed by atoms with Crippen molar-refractivity contribution in [2.45, 2.75) is 78.2 Å². The Morgan fingerprint density at radius 3 is 1.57 bits per heavy atom. The van der Waals surface area contributed by atoms with Gasteiger partial charge in [-0.25, -0.2) is 0 Å². The Hall–Kier alpha value is -1.80. The molecule has 2 unspecified atom stereocenters. The van der Waals surface area contributed by atoms with Crippen LogP contribution in [0.2, 0.25) is 0 Å². The van der Waals surface area contributed by atoms with Crippen molar-refractivity contribution in [3.05, 3.63) is 65.2 Å². The van der Waals surface area contributed by atoms with Gasteiger partial charge in [0.25, 0.3) is 0 Å². The molecule has 2 aromatic carbocycles. The zero-order valence-corrected chi connectivity index (χ0v) is 20.1. The number of nitrogens with zero attached hydrogens (tertiary/aromatic N) is 2. The minimum atomic E-state index is 0.604. The highest BCUT2D eigenvalue weighted by molar-refractivity contribution is 5.48. The maximum absolute atomic E-state index is 2.69. The Kier molecular flexibility index (Phi) is 7.99. The monoisotopic (exact) mass is 406 g/mol. The molecule has 2 aromatic rings. The Bertz CT molecular complexity index is 752. The summed E-state index contributed by atoms with van der Waals surface area (Å²) < 4.78 is 0. The van der Waals surface area contributed by atoms with Crippen molar-refractivity contribution in [3.63, 3.8) is 0 Å². The normalized spacial score (nSPS) is 17.5. The Balaban J connectivity index is 1.45. The molecule has 0 amide bonds. The van der Waals surface area contributed by atoms with Gasteiger partial charge in [0, 0.05) is 37.9 Å². The predicted molar refractivity (Wildman–Crippen MR) is 132 cm³/mol. The predicted octanol–water partition coefficient (Wildman–Crippen LogP) is 7.03. The van der Waals surface area contributed by atoms with E-state index in [1.165, 1.54) is 48.3 Å². The molecule has 164 valence electrons. The topological polar surface area (TPSA) is 6.48 Å². The van der Waals surface area contributed by atoms with Crippen LogP contribution < -0.4 is 4.90 Å². The smallest absolute Gasteiger partial charge is 0.0367 e. The Labute approximate surface area is 185 Å². The molecule has 1 heterocycles. The standard InChI is InChI=1S/C28H42N2/c1-21(2)25-9-11-27(12-10-25)23(5)7-8-24(6)29-17-19-30(20-18-29)28-15-13-26(14-16-28)22(3)4/h9-16,21-24H,7-8,17-20H2,1-6H3. The SMILES string of the molecule is CC(C)c1ccc(C(C)CCC(C)N2CCN(c3ccc(C(C)C)cc3)CC2)cc1. The van der Waals surface area contributed by atoms with Gasteiger partial charge in [-0.1, -0.05) is 71.0 Å². The van der Waals surface area contributed by atoms with Gasteiger partial charge in [-0.2, -0.15) is 0 Å². The maximum atomic E-state index is 2.69. The first kappa shape index (κ1) is 22.9. The highest BCUT2D eigenvalue weighted by Gasteiger charge is 2.22. The van der Waals surface area contributed by atoms with Crippen LogP contribution in [-0.2, 0) is 0 Å². The van der Waals surface area contributed by atoms with Crippen molar-refractivity contribution in [1.82, 2.24) is 4.90 Å². The average Bonchev–Trinajstić information content (AvgIpc) is 2.77. The molecule has 0 bridgehead atoms. The molecule has 3 rings (SSSR count). The molecule has 0 aromatic heterocycles. The van der Waals surface area contributed by atoms with Crippen LogP contribution in [0.3, 0.4) is 0 Å². The molecule has 1 fully saturated rings. The summed E-state index contributed by atoms with van der Waals surface area (Å²) in [5.41, 5.74) is 5.74. The molecular formula is C28H42N2. The second-order valence-electron chi connectivity index (χ2n) is 9.92. The molecule has 0 spiro atoms. The largest absolute Gasteiger partial charge is 0.369 e. The summed E-state index contributed by atoms with van der Waals surface area (Å²) in [7, 11) is 0. The van der Waals surface area contributed by atoms with Crippen molar-refractivity contribution >= 4 is 5.69 Å². The minimum absolute atomic E-state index is 0.604. The summed E-state index contributed by atoms with van der Waals surface area (Å²) in [6, 6.07) is 19.2. The van der Waals surface area contributed by atoms with Gasteiger partial charge >= 0.3 is 0 Å². The van der Waals surface area contributed by atoms with Crippen LogP contribution in [0, 0.1) is 0 Å². The molecule has 30 heavy (non-hydrogen) atoms. The Morgan fingerprint density at radius 1 is 0.600 bits per heavy atom. The maximum Gasteiger partial charge on any atom is 0.0367 e. The van der Waals surface area contributed by atoms with Crippen molar-refractivity contribution in [3.8, 4) is 0 Å². The molecule has 1 aliphatic heterocycles. The third-order valence-electron chi connectivity index (χ3n) is 7.05. The first-order valence-corrected chi connectivity index (χ1v) is 12.0. The molecule has 0 saturated carbocycles. The summed E-state index contributed by atoms with van der Waals surface area (Å²) in [5.74, 6) is 1.85. The van der Waals surface area contributed by atoms with Gasteiger partial charge in [-0.3, -0.25) is 4.90 Å². The lowest BCUT2D eigenvalue weighted by atomic mass is 9.92. The first-order valence-electron chi connectivity index (χ1n) is 12.0. The molecule has 2 atom stereocenters. The van der Waals surface area contributed by atoms with Crippen LogP contribution in [0.1, 0.15) is 88.8 Å². The first-order chi connectivity index (χ1) is 14.3. The lowest BCUT2D eigenvalue weighted by Gasteiger charge is -2.39. The van der Waals surface area contributed by atoms with Crippen LogP contribution in [0.5, 0.6) is 0 Å². The van der Waals surface area contributed by atoms with E-state index in [1.807, 2.05) is 0 Å². The van der Waals surface area contributed by atoms with E-state index in [1.54, 1.807) is 0 Å². The quantitative estimate of drug-likeness (QED) is 0.464. The van der Waals surface area contributed by atoms with E-state index in [9.17, 15) is 0 Å². The van der Waals surface area contributed by atoms with Crippen LogP contribution >= 0.6 is 0 Å². The molecule has 2 heteroatoms. The van der Waals surface area contributed by atoms with Gasteiger partial charge in [0.05, 0.1) is 0 Å². The number of piperazine rings is 1. The van der Waals surface area contributed by atoms with E-state index in [0.29, 0.717) is 23.8 Å². The van der Waals surface area contributed by atoms with Crippen molar-refractivity contribution < 1.29 is 0 Å². The lowest BCUT2D eigenvalue weighted by Crippen LogP contribution is -2.49. The van der Waals surface area contributed by atoms with Crippen molar-refractivity contribution in [2.75, 3.05) is 31.1 Å². The fourth-order valence-corrected chi connectivity index (χ4v) is 4.54. The zero-order valence-electron chi connectivity index (χ0n) is 20.1. The number of anilines is 1. The van der Waals surface area contributed by atoms with Crippen LogP contribution in [0.25, 0.3) is 0 Å². The summed E-state index contributed by atoms with van der Waals surface area (Å²) in [6.45, 7) is 18.5. The molecular weight excluding hydrogens is 364 g/mol. The highest BCUT2D eigenvalue weighted by Crippen LogP contribution is 2.26. The number of benzene rings is 2. The lowest BCUT2D eigenvalue weighted by molar-refractivity contribution is 0.184. The van der Waals surface area contributed by atoms with Gasteiger partial charge in [0.1, 0.15) is 0 Å². The second-order valence-corrected chi connectivity index (χ2v) is 9.92. The van der Waals surface area contributed by atoms with Gasteiger partial charge in [-0.15, -0.1) is 0 Å². The van der Waals surface area contributed by atoms with Gasteiger partial charge < -0.3 is 4.90 Å². The van der Waals surface area contributed by atoms with Crippen molar-refractivity contribution in [2.24, 2.45) is 0 Å². The van der Waals surface area contributed by atoms with E-state index in [0.717, 1.165) is 13.1 Å².